The van der Waals surface area contributed by atoms with Gasteiger partial charge in [0.25, 0.3) is 0 Å². The fourth-order valence-electron chi connectivity index (χ4n) is 3.90. The van der Waals surface area contributed by atoms with E-state index in [-0.39, 0.29) is 5.75 Å². The first-order chi connectivity index (χ1) is 10.5. The molecule has 1 aliphatic carbocycles. The third kappa shape index (κ3) is 3.12. The molecule has 0 aromatic heterocycles. The second kappa shape index (κ2) is 6.38. The number of hydrogen-bond acceptors (Lipinski definition) is 4. The largest absolute Gasteiger partial charge is 0.504 e. The highest BCUT2D eigenvalue weighted by molar-refractivity contribution is 9.10. The van der Waals surface area contributed by atoms with E-state index in [4.69, 9.17) is 4.74 Å². The number of hydrogen-bond donors (Lipinski definition) is 2. The lowest BCUT2D eigenvalue weighted by Crippen LogP contribution is -2.52. The number of rotatable bonds is 3. The van der Waals surface area contributed by atoms with Crippen molar-refractivity contribution in [3.8, 4) is 11.5 Å². The molecular weight excluding hydrogens is 346 g/mol. The van der Waals surface area contributed by atoms with Crippen molar-refractivity contribution in [3.05, 3.63) is 22.2 Å². The SMILES string of the molecule is COc1cc(Br)c(CN2CCC3(O)CCCCC3C2)cc1O. The summed E-state index contributed by atoms with van der Waals surface area (Å²) in [4.78, 5) is 2.39. The van der Waals surface area contributed by atoms with Crippen molar-refractivity contribution in [1.29, 1.82) is 0 Å². The van der Waals surface area contributed by atoms with E-state index in [1.165, 1.54) is 6.42 Å². The molecule has 2 aliphatic rings. The Bertz CT molecular complexity index is 551. The van der Waals surface area contributed by atoms with Gasteiger partial charge in [-0.1, -0.05) is 28.8 Å². The number of methoxy groups -OCH3 is 1. The maximum absolute atomic E-state index is 10.7. The van der Waals surface area contributed by atoms with E-state index < -0.39 is 5.60 Å². The lowest BCUT2D eigenvalue weighted by atomic mass is 9.71. The molecule has 2 atom stereocenters. The van der Waals surface area contributed by atoms with Gasteiger partial charge in [0.1, 0.15) is 0 Å². The summed E-state index contributed by atoms with van der Waals surface area (Å²) in [6, 6.07) is 3.58. The Labute approximate surface area is 140 Å². The van der Waals surface area contributed by atoms with Crippen LogP contribution >= 0.6 is 15.9 Å². The summed E-state index contributed by atoms with van der Waals surface area (Å²) in [7, 11) is 1.55. The smallest absolute Gasteiger partial charge is 0.161 e. The van der Waals surface area contributed by atoms with Gasteiger partial charge in [0.2, 0.25) is 0 Å². The first-order valence-electron chi connectivity index (χ1n) is 8.02. The van der Waals surface area contributed by atoms with Crippen molar-refractivity contribution in [2.45, 2.75) is 44.2 Å². The Morgan fingerprint density at radius 1 is 1.36 bits per heavy atom. The van der Waals surface area contributed by atoms with Crippen LogP contribution in [0.3, 0.4) is 0 Å². The molecule has 0 bridgehead atoms. The number of halogens is 1. The van der Waals surface area contributed by atoms with Gasteiger partial charge in [-0.15, -0.1) is 0 Å². The summed E-state index contributed by atoms with van der Waals surface area (Å²) in [6.07, 6.45) is 5.33. The minimum atomic E-state index is -0.436. The second-order valence-corrected chi connectivity index (χ2v) is 7.50. The van der Waals surface area contributed by atoms with Crippen LogP contribution in [0.5, 0.6) is 11.5 Å². The summed E-state index contributed by atoms with van der Waals surface area (Å²) < 4.78 is 6.08. The van der Waals surface area contributed by atoms with Crippen molar-refractivity contribution in [2.75, 3.05) is 20.2 Å². The molecule has 1 aliphatic heterocycles. The quantitative estimate of drug-likeness (QED) is 0.858. The molecule has 122 valence electrons. The monoisotopic (exact) mass is 369 g/mol. The van der Waals surface area contributed by atoms with Crippen molar-refractivity contribution >= 4 is 15.9 Å². The van der Waals surface area contributed by atoms with Crippen LogP contribution in [0.4, 0.5) is 0 Å². The van der Waals surface area contributed by atoms with Crippen molar-refractivity contribution in [3.63, 3.8) is 0 Å². The lowest BCUT2D eigenvalue weighted by molar-refractivity contribution is -0.0968. The molecule has 0 spiro atoms. The van der Waals surface area contributed by atoms with Crippen LogP contribution in [0.25, 0.3) is 0 Å². The first-order valence-corrected chi connectivity index (χ1v) is 8.81. The maximum Gasteiger partial charge on any atom is 0.161 e. The second-order valence-electron chi connectivity index (χ2n) is 6.65. The van der Waals surface area contributed by atoms with Gasteiger partial charge in [0.15, 0.2) is 11.5 Å². The summed E-state index contributed by atoms with van der Waals surface area (Å²) in [5.74, 6) is 1.04. The topological polar surface area (TPSA) is 52.9 Å². The number of aliphatic hydroxyl groups is 1. The number of piperidine rings is 1. The van der Waals surface area contributed by atoms with Crippen molar-refractivity contribution in [1.82, 2.24) is 4.90 Å². The van der Waals surface area contributed by atoms with Crippen LogP contribution in [0.15, 0.2) is 16.6 Å². The average Bonchev–Trinajstić information content (AvgIpc) is 2.50. The Balaban J connectivity index is 1.71. The van der Waals surface area contributed by atoms with E-state index in [0.29, 0.717) is 11.7 Å². The lowest BCUT2D eigenvalue weighted by Gasteiger charge is -2.47. The number of phenols is 1. The van der Waals surface area contributed by atoms with Gasteiger partial charge < -0.3 is 14.9 Å². The highest BCUT2D eigenvalue weighted by Gasteiger charge is 2.42. The van der Waals surface area contributed by atoms with E-state index >= 15 is 0 Å². The molecule has 1 aromatic carbocycles. The molecule has 2 fully saturated rings. The van der Waals surface area contributed by atoms with Crippen LogP contribution in [0.1, 0.15) is 37.7 Å². The van der Waals surface area contributed by atoms with E-state index in [0.717, 1.165) is 55.4 Å². The molecule has 5 heteroatoms. The summed E-state index contributed by atoms with van der Waals surface area (Å²) in [5, 5.41) is 20.7. The van der Waals surface area contributed by atoms with Crippen LogP contribution in [-0.4, -0.2) is 40.9 Å². The van der Waals surface area contributed by atoms with Gasteiger partial charge in [-0.05, 0) is 37.0 Å². The normalized spacial score (nSPS) is 29.1. The molecule has 22 heavy (non-hydrogen) atoms. The zero-order chi connectivity index (χ0) is 15.7. The molecule has 1 saturated heterocycles. The fourth-order valence-corrected chi connectivity index (χ4v) is 4.34. The Kier molecular flexibility index (Phi) is 4.67. The molecule has 1 aromatic rings. The summed E-state index contributed by atoms with van der Waals surface area (Å²) in [5.41, 5.74) is 0.619. The summed E-state index contributed by atoms with van der Waals surface area (Å²) >= 11 is 3.56. The Morgan fingerprint density at radius 2 is 2.18 bits per heavy atom. The van der Waals surface area contributed by atoms with Crippen molar-refractivity contribution < 1.29 is 14.9 Å². The zero-order valence-corrected chi connectivity index (χ0v) is 14.6. The molecule has 4 nitrogen and oxygen atoms in total. The highest BCUT2D eigenvalue weighted by atomic mass is 79.9. The van der Waals surface area contributed by atoms with Crippen LogP contribution in [-0.2, 0) is 6.54 Å². The molecular formula is C17H24BrNO3. The number of nitrogens with zero attached hydrogens (tertiary/aromatic N) is 1. The number of benzene rings is 1. The minimum Gasteiger partial charge on any atom is -0.504 e. The molecule has 2 N–H and O–H groups in total. The Hall–Kier alpha value is -0.780. The predicted octanol–water partition coefficient (Wildman–Crippen LogP) is 3.29. The zero-order valence-electron chi connectivity index (χ0n) is 13.0. The molecule has 3 rings (SSSR count). The van der Waals surface area contributed by atoms with Crippen LogP contribution < -0.4 is 4.74 Å². The number of ether oxygens (including phenoxy) is 1. The van der Waals surface area contributed by atoms with Crippen LogP contribution in [0.2, 0.25) is 0 Å². The third-order valence-corrected chi connectivity index (χ3v) is 5.99. The molecule has 2 unspecified atom stereocenters. The highest BCUT2D eigenvalue weighted by Crippen LogP contribution is 2.40. The van der Waals surface area contributed by atoms with E-state index in [9.17, 15) is 10.2 Å². The van der Waals surface area contributed by atoms with E-state index in [2.05, 4.69) is 20.8 Å². The van der Waals surface area contributed by atoms with Gasteiger partial charge in [-0.25, -0.2) is 0 Å². The molecule has 0 amide bonds. The molecule has 1 heterocycles. The van der Waals surface area contributed by atoms with E-state index in [1.807, 2.05) is 6.07 Å². The standard InChI is InChI=1S/C17H24BrNO3/c1-22-16-9-14(18)12(8-15(16)20)10-19-7-6-17(21)5-3-2-4-13(17)11-19/h8-9,13,20-21H,2-7,10-11H2,1H3. The first kappa shape index (κ1) is 16.1. The number of likely N-dealkylation sites (tertiary alicyclic amines) is 1. The minimum absolute atomic E-state index is 0.173. The van der Waals surface area contributed by atoms with Crippen LogP contribution in [0, 0.1) is 5.92 Å². The average molecular weight is 370 g/mol. The number of phenolic OH excluding ortho intramolecular Hbond substituents is 1. The number of fused-ring (bicyclic) bond motifs is 1. The van der Waals surface area contributed by atoms with E-state index in [1.54, 1.807) is 13.2 Å². The predicted molar refractivity (Wildman–Crippen MR) is 89.2 cm³/mol. The van der Waals surface area contributed by atoms with Gasteiger partial charge in [0, 0.05) is 30.0 Å². The van der Waals surface area contributed by atoms with Gasteiger partial charge >= 0.3 is 0 Å². The van der Waals surface area contributed by atoms with Crippen molar-refractivity contribution in [2.24, 2.45) is 5.92 Å². The Morgan fingerprint density at radius 3 is 2.95 bits per heavy atom. The van der Waals surface area contributed by atoms with Gasteiger partial charge in [-0.3, -0.25) is 4.90 Å². The van der Waals surface area contributed by atoms with Gasteiger partial charge in [0.05, 0.1) is 12.7 Å². The number of aromatic hydroxyl groups is 1. The third-order valence-electron chi connectivity index (χ3n) is 5.25. The van der Waals surface area contributed by atoms with Gasteiger partial charge in [-0.2, -0.15) is 0 Å². The molecule has 0 radical (unpaired) electrons. The molecule has 1 saturated carbocycles. The maximum atomic E-state index is 10.7. The summed E-state index contributed by atoms with van der Waals surface area (Å²) in [6.45, 7) is 2.63. The fraction of sp³-hybridized carbons (Fsp3) is 0.647.